The molecule has 1 amide bonds. The first kappa shape index (κ1) is 14.6. The lowest BCUT2D eigenvalue weighted by molar-refractivity contribution is -0.140. The second-order valence-corrected chi connectivity index (χ2v) is 5.14. The van der Waals surface area contributed by atoms with Gasteiger partial charge >= 0.3 is 5.97 Å². The molecular formula is C13H17NO3S. The highest BCUT2D eigenvalue weighted by Gasteiger charge is 2.23. The van der Waals surface area contributed by atoms with Gasteiger partial charge in [-0.15, -0.1) is 11.8 Å². The van der Waals surface area contributed by atoms with E-state index in [4.69, 9.17) is 5.11 Å². The van der Waals surface area contributed by atoms with Gasteiger partial charge < -0.3 is 10.4 Å². The second-order valence-electron chi connectivity index (χ2n) is 4.27. The summed E-state index contributed by atoms with van der Waals surface area (Å²) in [6.07, 6.45) is 1.92. The van der Waals surface area contributed by atoms with Crippen molar-refractivity contribution in [2.45, 2.75) is 24.8 Å². The lowest BCUT2D eigenvalue weighted by Crippen LogP contribution is -2.44. The van der Waals surface area contributed by atoms with Gasteiger partial charge in [0.25, 0.3) is 5.91 Å². The highest BCUT2D eigenvalue weighted by molar-refractivity contribution is 7.98. The van der Waals surface area contributed by atoms with Gasteiger partial charge in [-0.05, 0) is 30.4 Å². The Bertz CT molecular complexity index is 446. The molecule has 0 fully saturated rings. The molecule has 0 bridgehead atoms. The normalized spacial score (nSPS) is 12.2. The molecule has 1 aromatic carbocycles. The molecule has 0 aromatic heterocycles. The molecular weight excluding hydrogens is 250 g/mol. The zero-order valence-electron chi connectivity index (χ0n) is 10.6. The van der Waals surface area contributed by atoms with E-state index < -0.39 is 12.0 Å². The van der Waals surface area contributed by atoms with Crippen LogP contribution in [0.1, 0.15) is 24.2 Å². The number of hydrogen-bond donors (Lipinski definition) is 2. The molecule has 0 aliphatic carbocycles. The van der Waals surface area contributed by atoms with Gasteiger partial charge in [-0.2, -0.15) is 0 Å². The lowest BCUT2D eigenvalue weighted by Gasteiger charge is -2.18. The van der Waals surface area contributed by atoms with Crippen molar-refractivity contribution in [3.63, 3.8) is 0 Å². The summed E-state index contributed by atoms with van der Waals surface area (Å²) < 4.78 is 0. The number of carbonyl (C=O) groups excluding carboxylic acids is 1. The number of thioether (sulfide) groups is 1. The van der Waals surface area contributed by atoms with Crippen LogP contribution in [0.25, 0.3) is 0 Å². The van der Waals surface area contributed by atoms with Crippen LogP contribution >= 0.6 is 11.8 Å². The van der Waals surface area contributed by atoms with Crippen LogP contribution in [0.4, 0.5) is 0 Å². The van der Waals surface area contributed by atoms with E-state index in [1.165, 1.54) is 11.8 Å². The summed E-state index contributed by atoms with van der Waals surface area (Å²) >= 11 is 1.54. The molecule has 0 heterocycles. The highest BCUT2D eigenvalue weighted by atomic mass is 32.2. The van der Waals surface area contributed by atoms with Crippen LogP contribution < -0.4 is 5.32 Å². The molecule has 2 N–H and O–H groups in total. The van der Waals surface area contributed by atoms with E-state index in [9.17, 15) is 9.59 Å². The summed E-state index contributed by atoms with van der Waals surface area (Å²) in [7, 11) is 0. The minimum Gasteiger partial charge on any atom is -0.480 e. The third-order valence-corrected chi connectivity index (χ3v) is 3.28. The fraction of sp³-hybridized carbons (Fsp3) is 0.385. The van der Waals surface area contributed by atoms with Gasteiger partial charge in [0.1, 0.15) is 6.04 Å². The van der Waals surface area contributed by atoms with Crippen molar-refractivity contribution in [2.75, 3.05) is 6.26 Å². The fourth-order valence-electron chi connectivity index (χ4n) is 1.50. The average molecular weight is 267 g/mol. The molecule has 0 saturated carbocycles. The SMILES string of the molecule is CSc1cccc(C(=O)NC(C(=O)O)C(C)C)c1. The highest BCUT2D eigenvalue weighted by Crippen LogP contribution is 2.16. The van der Waals surface area contributed by atoms with E-state index in [1.54, 1.807) is 32.0 Å². The van der Waals surface area contributed by atoms with Crippen molar-refractivity contribution in [2.24, 2.45) is 5.92 Å². The van der Waals surface area contributed by atoms with E-state index in [2.05, 4.69) is 5.32 Å². The summed E-state index contributed by atoms with van der Waals surface area (Å²) in [4.78, 5) is 23.9. The standard InChI is InChI=1S/C13H17NO3S/c1-8(2)11(13(16)17)14-12(15)9-5-4-6-10(7-9)18-3/h4-8,11H,1-3H3,(H,14,15)(H,16,17). The van der Waals surface area contributed by atoms with Gasteiger partial charge in [-0.1, -0.05) is 19.9 Å². The number of amides is 1. The summed E-state index contributed by atoms with van der Waals surface area (Å²) in [5.41, 5.74) is 0.480. The molecule has 18 heavy (non-hydrogen) atoms. The van der Waals surface area contributed by atoms with Crippen LogP contribution in [0.3, 0.4) is 0 Å². The van der Waals surface area contributed by atoms with Crippen LogP contribution in [-0.2, 0) is 4.79 Å². The monoisotopic (exact) mass is 267 g/mol. The first-order valence-electron chi connectivity index (χ1n) is 5.63. The van der Waals surface area contributed by atoms with Gasteiger partial charge in [0.2, 0.25) is 0 Å². The Balaban J connectivity index is 2.83. The first-order chi connectivity index (χ1) is 8.45. The molecule has 98 valence electrons. The Morgan fingerprint density at radius 2 is 2.00 bits per heavy atom. The maximum Gasteiger partial charge on any atom is 0.326 e. The van der Waals surface area contributed by atoms with Gasteiger partial charge in [0.15, 0.2) is 0 Å². The van der Waals surface area contributed by atoms with Crippen molar-refractivity contribution >= 4 is 23.6 Å². The molecule has 1 aromatic rings. The lowest BCUT2D eigenvalue weighted by atomic mass is 10.0. The Labute approximate surface area is 111 Å². The molecule has 1 atom stereocenters. The van der Waals surface area contributed by atoms with Crippen molar-refractivity contribution in [3.05, 3.63) is 29.8 Å². The molecule has 4 nitrogen and oxygen atoms in total. The average Bonchev–Trinajstić information content (AvgIpc) is 2.34. The maximum atomic E-state index is 11.9. The summed E-state index contributed by atoms with van der Waals surface area (Å²) in [6.45, 7) is 3.52. The van der Waals surface area contributed by atoms with Gasteiger partial charge in [-0.25, -0.2) is 4.79 Å². The summed E-state index contributed by atoms with van der Waals surface area (Å²) in [6, 6.07) is 6.24. The number of rotatable bonds is 5. The third-order valence-electron chi connectivity index (χ3n) is 2.55. The Hall–Kier alpha value is -1.49. The summed E-state index contributed by atoms with van der Waals surface area (Å²) in [5, 5.41) is 11.6. The molecule has 0 spiro atoms. The summed E-state index contributed by atoms with van der Waals surface area (Å²) in [5.74, 6) is -1.53. The molecule has 0 radical (unpaired) electrons. The van der Waals surface area contributed by atoms with Crippen LogP contribution in [0.5, 0.6) is 0 Å². The Morgan fingerprint density at radius 3 is 2.50 bits per heavy atom. The molecule has 0 aliphatic rings. The zero-order chi connectivity index (χ0) is 13.7. The largest absolute Gasteiger partial charge is 0.480 e. The molecule has 0 aliphatic heterocycles. The van der Waals surface area contributed by atoms with E-state index in [1.807, 2.05) is 12.3 Å². The fourth-order valence-corrected chi connectivity index (χ4v) is 1.96. The number of hydrogen-bond acceptors (Lipinski definition) is 3. The van der Waals surface area contributed by atoms with Crippen LogP contribution in [0, 0.1) is 5.92 Å². The van der Waals surface area contributed by atoms with Crippen molar-refractivity contribution in [1.29, 1.82) is 0 Å². The smallest absolute Gasteiger partial charge is 0.326 e. The quantitative estimate of drug-likeness (QED) is 0.803. The second kappa shape index (κ2) is 6.44. The first-order valence-corrected chi connectivity index (χ1v) is 6.86. The van der Waals surface area contributed by atoms with Crippen LogP contribution in [0.2, 0.25) is 0 Å². The third kappa shape index (κ3) is 3.77. The zero-order valence-corrected chi connectivity index (χ0v) is 11.5. The number of carboxylic acid groups (broad SMARTS) is 1. The Morgan fingerprint density at radius 1 is 1.33 bits per heavy atom. The number of nitrogens with one attached hydrogen (secondary N) is 1. The van der Waals surface area contributed by atoms with E-state index in [0.717, 1.165) is 4.90 Å². The number of aliphatic carboxylic acids is 1. The van der Waals surface area contributed by atoms with Crippen LogP contribution in [0.15, 0.2) is 29.2 Å². The molecule has 1 rings (SSSR count). The van der Waals surface area contributed by atoms with Gasteiger partial charge in [-0.3, -0.25) is 4.79 Å². The predicted molar refractivity (Wildman–Crippen MR) is 72.0 cm³/mol. The van der Waals surface area contributed by atoms with Crippen molar-refractivity contribution in [3.8, 4) is 0 Å². The molecule has 1 unspecified atom stereocenters. The number of carbonyl (C=O) groups is 2. The maximum absolute atomic E-state index is 11.9. The van der Waals surface area contributed by atoms with E-state index in [0.29, 0.717) is 5.56 Å². The minimum atomic E-state index is -1.01. The molecule has 5 heteroatoms. The van der Waals surface area contributed by atoms with Crippen LogP contribution in [-0.4, -0.2) is 29.3 Å². The van der Waals surface area contributed by atoms with E-state index in [-0.39, 0.29) is 11.8 Å². The Kier molecular flexibility index (Phi) is 5.22. The van der Waals surface area contributed by atoms with Crippen molar-refractivity contribution in [1.82, 2.24) is 5.32 Å². The topological polar surface area (TPSA) is 66.4 Å². The van der Waals surface area contributed by atoms with E-state index >= 15 is 0 Å². The number of benzene rings is 1. The van der Waals surface area contributed by atoms with Gasteiger partial charge in [0, 0.05) is 10.5 Å². The van der Waals surface area contributed by atoms with Crippen molar-refractivity contribution < 1.29 is 14.7 Å². The predicted octanol–water partition coefficient (Wildman–Crippen LogP) is 2.25. The minimum absolute atomic E-state index is 0.157. The number of carboxylic acids is 1. The van der Waals surface area contributed by atoms with Gasteiger partial charge in [0.05, 0.1) is 0 Å². The molecule has 0 saturated heterocycles.